The molecule has 0 atom stereocenters. The van der Waals surface area contributed by atoms with Crippen LogP contribution in [0.1, 0.15) is 23.1 Å². The maximum absolute atomic E-state index is 5.46. The molecule has 1 N–H and O–H groups in total. The number of nitrogens with one attached hydrogen (secondary N) is 1. The Morgan fingerprint density at radius 3 is 2.39 bits per heavy atom. The Morgan fingerprint density at radius 2 is 1.75 bits per heavy atom. The molecule has 0 amide bonds. The van der Waals surface area contributed by atoms with Crippen LogP contribution in [0.2, 0.25) is 0 Å². The first kappa shape index (κ1) is 22.3. The topological polar surface area (TPSA) is 46.1 Å². The second-order valence-corrected chi connectivity index (χ2v) is 6.71. The second kappa shape index (κ2) is 11.1. The van der Waals surface area contributed by atoms with Crippen molar-refractivity contribution in [3.05, 3.63) is 59.2 Å². The fraction of sp³-hybridized carbons (Fsp3) is 0.409. The average molecular weight is 495 g/mol. The Balaban J connectivity index is 0.00000280. The summed E-state index contributed by atoms with van der Waals surface area (Å²) in [6.07, 6.45) is 3.13. The minimum absolute atomic E-state index is 0. The van der Waals surface area contributed by atoms with Gasteiger partial charge in [0.05, 0.1) is 14.2 Å². The van der Waals surface area contributed by atoms with Crippen LogP contribution in [-0.4, -0.2) is 45.2 Å². The normalized spacial score (nSPS) is 13.4. The molecule has 0 unspecified atom stereocenters. The van der Waals surface area contributed by atoms with Crippen LogP contribution in [0.15, 0.2) is 47.5 Å². The minimum atomic E-state index is 0. The number of hydrogen-bond donors (Lipinski definition) is 1. The van der Waals surface area contributed by atoms with Crippen molar-refractivity contribution in [3.8, 4) is 11.5 Å². The fourth-order valence-corrected chi connectivity index (χ4v) is 3.53. The lowest BCUT2D eigenvalue weighted by molar-refractivity contribution is 0.346. The van der Waals surface area contributed by atoms with Gasteiger partial charge in [0.25, 0.3) is 0 Å². The first-order valence-electron chi connectivity index (χ1n) is 9.48. The Morgan fingerprint density at radius 1 is 1.07 bits per heavy atom. The van der Waals surface area contributed by atoms with Crippen molar-refractivity contribution in [3.63, 3.8) is 0 Å². The van der Waals surface area contributed by atoms with E-state index in [1.165, 1.54) is 16.7 Å². The quantitative estimate of drug-likeness (QED) is 0.286. The lowest BCUT2D eigenvalue weighted by Crippen LogP contribution is -2.44. The smallest absolute Gasteiger partial charge is 0.193 e. The van der Waals surface area contributed by atoms with Crippen molar-refractivity contribution < 1.29 is 9.47 Å². The highest BCUT2D eigenvalue weighted by atomic mass is 127. The van der Waals surface area contributed by atoms with Gasteiger partial charge in [-0.05, 0) is 48.1 Å². The molecular weight excluding hydrogens is 465 g/mol. The second-order valence-electron chi connectivity index (χ2n) is 6.71. The number of aliphatic imine (C=N–C) groups is 1. The lowest BCUT2D eigenvalue weighted by atomic mass is 9.99. The highest BCUT2D eigenvalue weighted by Gasteiger charge is 2.21. The van der Waals surface area contributed by atoms with Crippen LogP contribution in [0, 0.1) is 0 Å². The molecule has 5 nitrogen and oxygen atoms in total. The predicted molar refractivity (Wildman–Crippen MR) is 125 cm³/mol. The molecule has 0 fully saturated rings. The van der Waals surface area contributed by atoms with E-state index in [2.05, 4.69) is 57.7 Å². The highest BCUT2D eigenvalue weighted by molar-refractivity contribution is 14.0. The van der Waals surface area contributed by atoms with Crippen molar-refractivity contribution >= 4 is 29.9 Å². The number of guanidine groups is 1. The zero-order chi connectivity index (χ0) is 19.1. The van der Waals surface area contributed by atoms with Crippen LogP contribution in [-0.2, 0) is 19.4 Å². The van der Waals surface area contributed by atoms with E-state index in [9.17, 15) is 0 Å². The largest absolute Gasteiger partial charge is 0.493 e. The van der Waals surface area contributed by atoms with Crippen LogP contribution >= 0.6 is 24.0 Å². The summed E-state index contributed by atoms with van der Waals surface area (Å²) in [5, 5.41) is 3.51. The van der Waals surface area contributed by atoms with E-state index in [0.29, 0.717) is 0 Å². The summed E-state index contributed by atoms with van der Waals surface area (Å²) in [6.45, 7) is 2.69. The summed E-state index contributed by atoms with van der Waals surface area (Å²) < 4.78 is 10.9. The van der Waals surface area contributed by atoms with E-state index >= 15 is 0 Å². The molecule has 152 valence electrons. The van der Waals surface area contributed by atoms with E-state index in [-0.39, 0.29) is 24.0 Å². The Hall–Kier alpha value is -1.96. The van der Waals surface area contributed by atoms with Gasteiger partial charge in [0, 0.05) is 26.7 Å². The van der Waals surface area contributed by atoms with Gasteiger partial charge in [-0.2, -0.15) is 0 Å². The molecule has 3 rings (SSSR count). The molecule has 0 aliphatic carbocycles. The molecule has 2 aromatic rings. The van der Waals surface area contributed by atoms with E-state index in [1.807, 2.05) is 7.05 Å². The van der Waals surface area contributed by atoms with Crippen LogP contribution < -0.4 is 14.8 Å². The number of nitrogens with zero attached hydrogens (tertiary/aromatic N) is 2. The van der Waals surface area contributed by atoms with Gasteiger partial charge in [-0.15, -0.1) is 24.0 Å². The number of halogens is 1. The zero-order valence-corrected chi connectivity index (χ0v) is 19.2. The molecule has 1 aliphatic heterocycles. The summed E-state index contributed by atoms with van der Waals surface area (Å²) in [7, 11) is 5.21. The van der Waals surface area contributed by atoms with Gasteiger partial charge in [-0.25, -0.2) is 0 Å². The fourth-order valence-electron chi connectivity index (χ4n) is 3.53. The predicted octanol–water partition coefficient (Wildman–Crippen LogP) is 3.89. The van der Waals surface area contributed by atoms with Gasteiger partial charge in [-0.3, -0.25) is 4.99 Å². The van der Waals surface area contributed by atoms with Gasteiger partial charge < -0.3 is 19.7 Å². The summed E-state index contributed by atoms with van der Waals surface area (Å²) in [5.41, 5.74) is 3.97. The highest BCUT2D eigenvalue weighted by Crippen LogP contribution is 2.33. The molecule has 6 heteroatoms. The molecule has 0 saturated heterocycles. The van der Waals surface area contributed by atoms with Crippen LogP contribution in [0.25, 0.3) is 0 Å². The standard InChI is InChI=1S/C22H29N3O2.HI/c1-23-22(24-12-7-10-17-8-5-4-6-9-17)25-13-11-18-14-20(26-2)21(27-3)15-19(18)16-25;/h4-6,8-9,14-15H,7,10-13,16H2,1-3H3,(H,23,24);1H. The number of aryl methyl sites for hydroxylation is 1. The third-order valence-electron chi connectivity index (χ3n) is 5.00. The van der Waals surface area contributed by atoms with Crippen LogP contribution in [0.3, 0.4) is 0 Å². The Labute approximate surface area is 185 Å². The Bertz CT molecular complexity index is 781. The van der Waals surface area contributed by atoms with Gasteiger partial charge in [-0.1, -0.05) is 30.3 Å². The molecule has 0 radical (unpaired) electrons. The van der Waals surface area contributed by atoms with E-state index in [0.717, 1.165) is 56.4 Å². The number of ether oxygens (including phenoxy) is 2. The maximum atomic E-state index is 5.46. The maximum Gasteiger partial charge on any atom is 0.193 e. The molecule has 0 bridgehead atoms. The summed E-state index contributed by atoms with van der Waals surface area (Å²) >= 11 is 0. The van der Waals surface area contributed by atoms with E-state index < -0.39 is 0 Å². The summed E-state index contributed by atoms with van der Waals surface area (Å²) in [6, 6.07) is 14.8. The molecular formula is C22H30IN3O2. The van der Waals surface area contributed by atoms with E-state index in [4.69, 9.17) is 9.47 Å². The summed E-state index contributed by atoms with van der Waals surface area (Å²) in [5.74, 6) is 2.54. The molecule has 1 heterocycles. The van der Waals surface area contributed by atoms with Crippen molar-refractivity contribution in [2.45, 2.75) is 25.8 Å². The molecule has 2 aromatic carbocycles. The van der Waals surface area contributed by atoms with E-state index in [1.54, 1.807) is 14.2 Å². The third kappa shape index (κ3) is 5.53. The number of benzene rings is 2. The molecule has 1 aliphatic rings. The van der Waals surface area contributed by atoms with Crippen molar-refractivity contribution in [2.24, 2.45) is 4.99 Å². The minimum Gasteiger partial charge on any atom is -0.493 e. The SMILES string of the molecule is CN=C(NCCCc1ccccc1)N1CCc2cc(OC)c(OC)cc2C1.I. The molecule has 0 saturated carbocycles. The molecule has 28 heavy (non-hydrogen) atoms. The number of fused-ring (bicyclic) bond motifs is 1. The first-order valence-corrected chi connectivity index (χ1v) is 9.48. The van der Waals surface area contributed by atoms with Gasteiger partial charge in [0.1, 0.15) is 0 Å². The third-order valence-corrected chi connectivity index (χ3v) is 5.00. The van der Waals surface area contributed by atoms with Crippen LogP contribution in [0.4, 0.5) is 0 Å². The van der Waals surface area contributed by atoms with Crippen LogP contribution in [0.5, 0.6) is 11.5 Å². The number of methoxy groups -OCH3 is 2. The average Bonchev–Trinajstić information content (AvgIpc) is 2.73. The molecule has 0 spiro atoms. The van der Waals surface area contributed by atoms with Gasteiger partial charge in [0.2, 0.25) is 0 Å². The Kier molecular flexibility index (Phi) is 8.89. The number of hydrogen-bond acceptors (Lipinski definition) is 3. The zero-order valence-electron chi connectivity index (χ0n) is 16.9. The van der Waals surface area contributed by atoms with Gasteiger partial charge in [0.15, 0.2) is 17.5 Å². The summed E-state index contributed by atoms with van der Waals surface area (Å²) in [4.78, 5) is 6.78. The van der Waals surface area contributed by atoms with Crippen molar-refractivity contribution in [1.29, 1.82) is 0 Å². The van der Waals surface area contributed by atoms with Crippen molar-refractivity contribution in [1.82, 2.24) is 10.2 Å². The molecule has 0 aromatic heterocycles. The van der Waals surface area contributed by atoms with Crippen molar-refractivity contribution in [2.75, 3.05) is 34.4 Å². The first-order chi connectivity index (χ1) is 13.2. The lowest BCUT2D eigenvalue weighted by Gasteiger charge is -2.32. The van der Waals surface area contributed by atoms with Gasteiger partial charge >= 0.3 is 0 Å². The number of rotatable bonds is 6. The monoisotopic (exact) mass is 495 g/mol.